The molecule has 4 nitrogen and oxygen atoms in total. The van der Waals surface area contributed by atoms with Crippen molar-refractivity contribution in [2.75, 3.05) is 6.54 Å². The SMILES string of the molecule is O=C(O)[C@@H]1CCCCN1C(=O)CCC1CCCC1. The molecule has 2 aliphatic rings. The number of rotatable bonds is 4. The summed E-state index contributed by atoms with van der Waals surface area (Å²) in [7, 11) is 0. The number of amides is 1. The molecule has 1 heterocycles. The van der Waals surface area contributed by atoms with Crippen molar-refractivity contribution in [1.82, 2.24) is 4.90 Å². The smallest absolute Gasteiger partial charge is 0.326 e. The summed E-state index contributed by atoms with van der Waals surface area (Å²) in [4.78, 5) is 24.9. The van der Waals surface area contributed by atoms with Crippen molar-refractivity contribution in [3.8, 4) is 0 Å². The van der Waals surface area contributed by atoms with Crippen LogP contribution >= 0.6 is 0 Å². The fourth-order valence-electron chi connectivity index (χ4n) is 3.26. The number of hydrogen-bond acceptors (Lipinski definition) is 2. The third kappa shape index (κ3) is 3.24. The number of carbonyl (C=O) groups is 2. The molecule has 1 aliphatic carbocycles. The van der Waals surface area contributed by atoms with Gasteiger partial charge in [0.15, 0.2) is 0 Å². The molecule has 1 N–H and O–H groups in total. The lowest BCUT2D eigenvalue weighted by Gasteiger charge is -2.33. The minimum absolute atomic E-state index is 0.0500. The van der Waals surface area contributed by atoms with Crippen LogP contribution < -0.4 is 0 Å². The van der Waals surface area contributed by atoms with Crippen LogP contribution in [0.3, 0.4) is 0 Å². The van der Waals surface area contributed by atoms with E-state index in [4.69, 9.17) is 5.11 Å². The van der Waals surface area contributed by atoms with Gasteiger partial charge in [-0.1, -0.05) is 25.7 Å². The molecule has 1 amide bonds. The Kier molecular flexibility index (Phi) is 4.61. The highest BCUT2D eigenvalue weighted by molar-refractivity contribution is 5.83. The van der Waals surface area contributed by atoms with Gasteiger partial charge < -0.3 is 10.0 Å². The number of piperidine rings is 1. The maximum Gasteiger partial charge on any atom is 0.326 e. The zero-order chi connectivity index (χ0) is 13.0. The molecule has 2 fully saturated rings. The second-order valence-corrected chi connectivity index (χ2v) is 5.63. The molecule has 0 aromatic heterocycles. The minimum atomic E-state index is -0.844. The summed E-state index contributed by atoms with van der Waals surface area (Å²) in [6, 6.07) is -0.574. The van der Waals surface area contributed by atoms with Crippen LogP contribution in [0.2, 0.25) is 0 Å². The number of hydrogen-bond donors (Lipinski definition) is 1. The van der Waals surface area contributed by atoms with E-state index in [0.29, 0.717) is 25.3 Å². The maximum absolute atomic E-state index is 12.1. The lowest BCUT2D eigenvalue weighted by Crippen LogP contribution is -2.48. The molecular formula is C14H23NO3. The highest BCUT2D eigenvalue weighted by Crippen LogP contribution is 2.29. The van der Waals surface area contributed by atoms with Gasteiger partial charge in [-0.3, -0.25) is 4.79 Å². The quantitative estimate of drug-likeness (QED) is 0.837. The number of aliphatic carboxylic acids is 1. The van der Waals surface area contributed by atoms with Crippen LogP contribution in [-0.2, 0) is 9.59 Å². The van der Waals surface area contributed by atoms with Gasteiger partial charge in [-0.25, -0.2) is 4.79 Å². The molecule has 0 aromatic rings. The number of carboxylic acid groups (broad SMARTS) is 1. The second-order valence-electron chi connectivity index (χ2n) is 5.63. The lowest BCUT2D eigenvalue weighted by molar-refractivity contribution is -0.152. The van der Waals surface area contributed by atoms with E-state index in [0.717, 1.165) is 19.3 Å². The summed E-state index contributed by atoms with van der Waals surface area (Å²) < 4.78 is 0. The van der Waals surface area contributed by atoms with E-state index < -0.39 is 12.0 Å². The van der Waals surface area contributed by atoms with Gasteiger partial charge in [-0.15, -0.1) is 0 Å². The van der Waals surface area contributed by atoms with E-state index in [1.165, 1.54) is 25.7 Å². The Morgan fingerprint density at radius 3 is 2.39 bits per heavy atom. The largest absolute Gasteiger partial charge is 0.480 e. The van der Waals surface area contributed by atoms with Crippen LogP contribution in [-0.4, -0.2) is 34.5 Å². The summed E-state index contributed by atoms with van der Waals surface area (Å²) in [6.45, 7) is 0.625. The van der Waals surface area contributed by atoms with Crippen LogP contribution in [0.15, 0.2) is 0 Å². The standard InChI is InChI=1S/C14H23NO3/c16-13(9-8-11-5-1-2-6-11)15-10-4-3-7-12(15)14(17)18/h11-12H,1-10H2,(H,17,18)/t12-/m0/s1. The molecule has 4 heteroatoms. The number of carbonyl (C=O) groups excluding carboxylic acids is 1. The van der Waals surface area contributed by atoms with E-state index in [2.05, 4.69) is 0 Å². The van der Waals surface area contributed by atoms with Gasteiger partial charge in [0.2, 0.25) is 5.91 Å². The first-order chi connectivity index (χ1) is 8.68. The highest BCUT2D eigenvalue weighted by Gasteiger charge is 2.31. The van der Waals surface area contributed by atoms with Crippen molar-refractivity contribution in [2.45, 2.75) is 63.8 Å². The predicted molar refractivity (Wildman–Crippen MR) is 68.2 cm³/mol. The average Bonchev–Trinajstić information content (AvgIpc) is 2.89. The van der Waals surface area contributed by atoms with Crippen LogP contribution in [0.25, 0.3) is 0 Å². The van der Waals surface area contributed by atoms with Gasteiger partial charge in [-0.05, 0) is 31.6 Å². The molecule has 0 unspecified atom stereocenters. The van der Waals surface area contributed by atoms with Crippen molar-refractivity contribution < 1.29 is 14.7 Å². The third-order valence-corrected chi connectivity index (χ3v) is 4.35. The van der Waals surface area contributed by atoms with Crippen molar-refractivity contribution in [1.29, 1.82) is 0 Å². The van der Waals surface area contributed by atoms with Crippen molar-refractivity contribution >= 4 is 11.9 Å². The third-order valence-electron chi connectivity index (χ3n) is 4.35. The lowest BCUT2D eigenvalue weighted by atomic mass is 9.98. The van der Waals surface area contributed by atoms with E-state index in [9.17, 15) is 9.59 Å². The molecule has 1 atom stereocenters. The van der Waals surface area contributed by atoms with Gasteiger partial charge >= 0.3 is 5.97 Å². The Morgan fingerprint density at radius 1 is 1.06 bits per heavy atom. The van der Waals surface area contributed by atoms with E-state index in [1.807, 2.05) is 0 Å². The zero-order valence-electron chi connectivity index (χ0n) is 10.9. The van der Waals surface area contributed by atoms with Gasteiger partial charge in [0.25, 0.3) is 0 Å². The van der Waals surface area contributed by atoms with Crippen molar-refractivity contribution in [2.24, 2.45) is 5.92 Å². The number of carboxylic acids is 1. The molecule has 102 valence electrons. The fourth-order valence-corrected chi connectivity index (χ4v) is 3.26. The molecule has 0 spiro atoms. The summed E-state index contributed by atoms with van der Waals surface area (Å²) in [5, 5.41) is 9.14. The predicted octanol–water partition coefficient (Wildman–Crippen LogP) is 2.42. The molecule has 1 saturated heterocycles. The van der Waals surface area contributed by atoms with E-state index in [-0.39, 0.29) is 5.91 Å². The Morgan fingerprint density at radius 2 is 1.72 bits per heavy atom. The highest BCUT2D eigenvalue weighted by atomic mass is 16.4. The van der Waals surface area contributed by atoms with Crippen LogP contribution in [0, 0.1) is 5.92 Å². The molecule has 2 rings (SSSR count). The topological polar surface area (TPSA) is 57.6 Å². The van der Waals surface area contributed by atoms with Crippen LogP contribution in [0.1, 0.15) is 57.8 Å². The maximum atomic E-state index is 12.1. The fraction of sp³-hybridized carbons (Fsp3) is 0.857. The summed E-state index contributed by atoms with van der Waals surface area (Å²) in [5.74, 6) is -0.0973. The molecule has 1 aliphatic heterocycles. The number of likely N-dealkylation sites (tertiary alicyclic amines) is 1. The van der Waals surface area contributed by atoms with Gasteiger partial charge in [0.05, 0.1) is 0 Å². The Labute approximate surface area is 108 Å². The van der Waals surface area contributed by atoms with Gasteiger partial charge in [-0.2, -0.15) is 0 Å². The second kappa shape index (κ2) is 6.21. The Bertz CT molecular complexity index is 310. The summed E-state index contributed by atoms with van der Waals surface area (Å²) >= 11 is 0. The molecule has 0 bridgehead atoms. The zero-order valence-corrected chi connectivity index (χ0v) is 10.9. The average molecular weight is 253 g/mol. The summed E-state index contributed by atoms with van der Waals surface area (Å²) in [5.41, 5.74) is 0. The van der Waals surface area contributed by atoms with Crippen LogP contribution in [0.5, 0.6) is 0 Å². The normalized spacial score (nSPS) is 25.3. The van der Waals surface area contributed by atoms with Crippen molar-refractivity contribution in [3.05, 3.63) is 0 Å². The first-order valence-electron chi connectivity index (χ1n) is 7.21. The minimum Gasteiger partial charge on any atom is -0.480 e. The van der Waals surface area contributed by atoms with Crippen LogP contribution in [0.4, 0.5) is 0 Å². The monoisotopic (exact) mass is 253 g/mol. The van der Waals surface area contributed by atoms with Crippen molar-refractivity contribution in [3.63, 3.8) is 0 Å². The molecule has 1 saturated carbocycles. The number of nitrogens with zero attached hydrogens (tertiary/aromatic N) is 1. The molecular weight excluding hydrogens is 230 g/mol. The molecule has 0 aromatic carbocycles. The molecule has 18 heavy (non-hydrogen) atoms. The Balaban J connectivity index is 1.83. The first-order valence-corrected chi connectivity index (χ1v) is 7.21. The van der Waals surface area contributed by atoms with E-state index >= 15 is 0 Å². The first kappa shape index (κ1) is 13.4. The molecule has 0 radical (unpaired) electrons. The van der Waals surface area contributed by atoms with E-state index in [1.54, 1.807) is 4.90 Å². The Hall–Kier alpha value is -1.06. The summed E-state index contributed by atoms with van der Waals surface area (Å²) in [6.07, 6.45) is 9.04. The van der Waals surface area contributed by atoms with Gasteiger partial charge in [0, 0.05) is 13.0 Å². The van der Waals surface area contributed by atoms with Gasteiger partial charge in [0.1, 0.15) is 6.04 Å².